The van der Waals surface area contributed by atoms with E-state index in [9.17, 15) is 4.79 Å². The molecule has 0 heterocycles. The molecule has 0 aliphatic rings. The Balaban J connectivity index is 2.19. The molecule has 21 heavy (non-hydrogen) atoms. The van der Waals surface area contributed by atoms with E-state index in [-0.39, 0.29) is 11.9 Å². The SMILES string of the molecule is C[Si](C)(C)OC(CC(=O)c1ccccc1)c1ccccc1. The van der Waals surface area contributed by atoms with E-state index in [1.165, 1.54) is 0 Å². The van der Waals surface area contributed by atoms with Gasteiger partial charge < -0.3 is 4.43 Å². The summed E-state index contributed by atoms with van der Waals surface area (Å²) in [6.07, 6.45) is 0.226. The average Bonchev–Trinajstić information content (AvgIpc) is 2.47. The number of hydrogen-bond acceptors (Lipinski definition) is 2. The Morgan fingerprint density at radius 3 is 2.00 bits per heavy atom. The van der Waals surface area contributed by atoms with Crippen molar-refractivity contribution in [3.05, 3.63) is 71.8 Å². The highest BCUT2D eigenvalue weighted by Crippen LogP contribution is 2.27. The summed E-state index contributed by atoms with van der Waals surface area (Å²) < 4.78 is 6.23. The van der Waals surface area contributed by atoms with Crippen molar-refractivity contribution >= 4 is 14.1 Å². The summed E-state index contributed by atoms with van der Waals surface area (Å²) in [4.78, 5) is 12.4. The summed E-state index contributed by atoms with van der Waals surface area (Å²) in [5.41, 5.74) is 1.82. The smallest absolute Gasteiger partial charge is 0.184 e. The van der Waals surface area contributed by atoms with E-state index in [0.717, 1.165) is 11.1 Å². The fourth-order valence-corrected chi connectivity index (χ4v) is 3.31. The van der Waals surface area contributed by atoms with Gasteiger partial charge in [0.05, 0.1) is 6.10 Å². The Morgan fingerprint density at radius 2 is 1.48 bits per heavy atom. The summed E-state index contributed by atoms with van der Waals surface area (Å²) in [6, 6.07) is 19.4. The first-order valence-corrected chi connectivity index (χ1v) is 10.7. The van der Waals surface area contributed by atoms with Gasteiger partial charge in [-0.1, -0.05) is 60.7 Å². The Hall–Kier alpha value is -1.71. The second-order valence-corrected chi connectivity index (χ2v) is 10.6. The van der Waals surface area contributed by atoms with Crippen molar-refractivity contribution in [1.82, 2.24) is 0 Å². The summed E-state index contributed by atoms with van der Waals surface area (Å²) in [6.45, 7) is 6.45. The molecule has 3 heteroatoms. The van der Waals surface area contributed by atoms with E-state index >= 15 is 0 Å². The van der Waals surface area contributed by atoms with Crippen molar-refractivity contribution in [1.29, 1.82) is 0 Å². The molecule has 0 saturated carbocycles. The van der Waals surface area contributed by atoms with Crippen LogP contribution in [0.4, 0.5) is 0 Å². The maximum absolute atomic E-state index is 12.4. The Kier molecular flexibility index (Phi) is 5.10. The summed E-state index contributed by atoms with van der Waals surface area (Å²) in [5, 5.41) is 0. The highest BCUT2D eigenvalue weighted by Gasteiger charge is 2.24. The summed E-state index contributed by atoms with van der Waals surface area (Å²) in [7, 11) is -1.72. The topological polar surface area (TPSA) is 26.3 Å². The fourth-order valence-electron chi connectivity index (χ4n) is 2.23. The number of carbonyl (C=O) groups is 1. The zero-order chi connectivity index (χ0) is 15.3. The van der Waals surface area contributed by atoms with Crippen LogP contribution in [0.5, 0.6) is 0 Å². The first kappa shape index (κ1) is 15.7. The lowest BCUT2D eigenvalue weighted by Crippen LogP contribution is -2.29. The van der Waals surface area contributed by atoms with Gasteiger partial charge >= 0.3 is 0 Å². The monoisotopic (exact) mass is 298 g/mol. The number of Topliss-reactive ketones (excluding diaryl/α,β-unsaturated/α-hetero) is 1. The van der Waals surface area contributed by atoms with Gasteiger partial charge in [0, 0.05) is 12.0 Å². The molecule has 2 rings (SSSR count). The minimum atomic E-state index is -1.72. The average molecular weight is 298 g/mol. The van der Waals surface area contributed by atoms with Crippen molar-refractivity contribution in [2.45, 2.75) is 32.2 Å². The molecule has 2 aromatic rings. The maximum Gasteiger partial charge on any atom is 0.184 e. The van der Waals surface area contributed by atoms with E-state index in [1.807, 2.05) is 60.7 Å². The van der Waals surface area contributed by atoms with Gasteiger partial charge in [0.15, 0.2) is 14.1 Å². The molecular weight excluding hydrogens is 276 g/mol. The fraction of sp³-hybridized carbons (Fsp3) is 0.278. The molecule has 0 radical (unpaired) electrons. The van der Waals surface area contributed by atoms with Crippen LogP contribution >= 0.6 is 0 Å². The zero-order valence-corrected chi connectivity index (χ0v) is 13.9. The molecular formula is C18H22O2Si. The largest absolute Gasteiger partial charge is 0.410 e. The van der Waals surface area contributed by atoms with Gasteiger partial charge in [-0.25, -0.2) is 0 Å². The molecule has 1 unspecified atom stereocenters. The van der Waals surface area contributed by atoms with E-state index in [1.54, 1.807) is 0 Å². The van der Waals surface area contributed by atoms with E-state index in [2.05, 4.69) is 19.6 Å². The number of carbonyl (C=O) groups excluding carboxylic acids is 1. The molecule has 0 saturated heterocycles. The Morgan fingerprint density at radius 1 is 0.952 bits per heavy atom. The lowest BCUT2D eigenvalue weighted by Gasteiger charge is -2.26. The van der Waals surface area contributed by atoms with Crippen molar-refractivity contribution in [2.24, 2.45) is 0 Å². The summed E-state index contributed by atoms with van der Waals surface area (Å²) >= 11 is 0. The maximum atomic E-state index is 12.4. The molecule has 0 fully saturated rings. The van der Waals surface area contributed by atoms with Crippen molar-refractivity contribution in [2.75, 3.05) is 0 Å². The number of rotatable bonds is 6. The first-order chi connectivity index (χ1) is 9.96. The van der Waals surface area contributed by atoms with Crippen LogP contribution in [0.1, 0.15) is 28.4 Å². The highest BCUT2D eigenvalue weighted by atomic mass is 28.4. The molecule has 0 amide bonds. The van der Waals surface area contributed by atoms with Gasteiger partial charge in [-0.15, -0.1) is 0 Å². The van der Waals surface area contributed by atoms with Gasteiger partial charge in [0.2, 0.25) is 0 Å². The van der Waals surface area contributed by atoms with Crippen LogP contribution < -0.4 is 0 Å². The predicted octanol–water partition coefficient (Wildman–Crippen LogP) is 4.85. The summed E-state index contributed by atoms with van der Waals surface area (Å²) in [5.74, 6) is 0.128. The van der Waals surface area contributed by atoms with Crippen LogP contribution in [-0.2, 0) is 4.43 Å². The molecule has 0 N–H and O–H groups in total. The number of benzene rings is 2. The van der Waals surface area contributed by atoms with Crippen LogP contribution in [0.3, 0.4) is 0 Å². The van der Waals surface area contributed by atoms with Crippen LogP contribution in [-0.4, -0.2) is 14.1 Å². The van der Waals surface area contributed by atoms with Crippen molar-refractivity contribution in [3.63, 3.8) is 0 Å². The Bertz CT molecular complexity index is 573. The van der Waals surface area contributed by atoms with Crippen molar-refractivity contribution < 1.29 is 9.22 Å². The highest BCUT2D eigenvalue weighted by molar-refractivity contribution is 6.69. The molecule has 110 valence electrons. The normalized spacial score (nSPS) is 12.9. The molecule has 2 aromatic carbocycles. The third-order valence-electron chi connectivity index (χ3n) is 3.13. The molecule has 2 nitrogen and oxygen atoms in total. The lowest BCUT2D eigenvalue weighted by atomic mass is 10.0. The van der Waals surface area contributed by atoms with Gasteiger partial charge in [0.1, 0.15) is 0 Å². The first-order valence-electron chi connectivity index (χ1n) is 7.27. The second kappa shape index (κ2) is 6.83. The molecule has 0 spiro atoms. The zero-order valence-electron chi connectivity index (χ0n) is 12.9. The molecule has 0 aromatic heterocycles. The third-order valence-corrected chi connectivity index (χ3v) is 4.13. The minimum absolute atomic E-state index is 0.128. The quantitative estimate of drug-likeness (QED) is 0.563. The lowest BCUT2D eigenvalue weighted by molar-refractivity contribution is 0.0900. The van der Waals surface area contributed by atoms with E-state index in [0.29, 0.717) is 6.42 Å². The molecule has 0 aliphatic heterocycles. The molecule has 0 bridgehead atoms. The second-order valence-electron chi connectivity index (χ2n) is 6.12. The van der Waals surface area contributed by atoms with Gasteiger partial charge in [-0.05, 0) is 25.2 Å². The van der Waals surface area contributed by atoms with Crippen LogP contribution in [0.25, 0.3) is 0 Å². The number of ketones is 1. The predicted molar refractivity (Wildman–Crippen MR) is 89.0 cm³/mol. The van der Waals surface area contributed by atoms with Gasteiger partial charge in [-0.3, -0.25) is 4.79 Å². The van der Waals surface area contributed by atoms with Crippen LogP contribution in [0.2, 0.25) is 19.6 Å². The van der Waals surface area contributed by atoms with E-state index in [4.69, 9.17) is 4.43 Å². The van der Waals surface area contributed by atoms with Gasteiger partial charge in [0.25, 0.3) is 0 Å². The molecule has 1 atom stereocenters. The Labute approximate surface area is 127 Å². The van der Waals surface area contributed by atoms with Crippen molar-refractivity contribution in [3.8, 4) is 0 Å². The van der Waals surface area contributed by atoms with Crippen LogP contribution in [0.15, 0.2) is 60.7 Å². The van der Waals surface area contributed by atoms with Gasteiger partial charge in [-0.2, -0.15) is 0 Å². The standard InChI is InChI=1S/C18H22O2Si/c1-21(2,3)20-18(16-12-8-5-9-13-16)14-17(19)15-10-6-4-7-11-15/h4-13,18H,14H2,1-3H3. The van der Waals surface area contributed by atoms with Crippen LogP contribution in [0, 0.1) is 0 Å². The third kappa shape index (κ3) is 4.96. The minimum Gasteiger partial charge on any atom is -0.410 e. The van der Waals surface area contributed by atoms with E-state index < -0.39 is 8.32 Å². The number of hydrogen-bond donors (Lipinski definition) is 0. The molecule has 0 aliphatic carbocycles.